The van der Waals surface area contributed by atoms with E-state index in [0.717, 1.165) is 34.9 Å². The number of fused-ring (bicyclic) bond motifs is 1. The van der Waals surface area contributed by atoms with Crippen LogP contribution in [0.2, 0.25) is 0 Å². The summed E-state index contributed by atoms with van der Waals surface area (Å²) in [6, 6.07) is 11.7. The fourth-order valence-electron chi connectivity index (χ4n) is 4.21. The van der Waals surface area contributed by atoms with Gasteiger partial charge in [-0.05, 0) is 62.9 Å². The molecule has 1 fully saturated rings. The third kappa shape index (κ3) is 4.78. The maximum absolute atomic E-state index is 13.6. The highest BCUT2D eigenvalue weighted by Crippen LogP contribution is 2.25. The molecule has 1 saturated heterocycles. The molecule has 0 radical (unpaired) electrons. The molecular weight excluding hydrogens is 440 g/mol. The molecule has 4 rings (SSSR count). The van der Waals surface area contributed by atoms with E-state index in [-0.39, 0.29) is 35.4 Å². The minimum atomic E-state index is -3.98. The number of hydrogen-bond donors (Lipinski definition) is 1. The van der Waals surface area contributed by atoms with Crippen LogP contribution in [-0.2, 0) is 21.3 Å². The number of pyridine rings is 1. The van der Waals surface area contributed by atoms with Crippen molar-refractivity contribution < 1.29 is 17.9 Å². The molecule has 33 heavy (non-hydrogen) atoms. The number of aromatic amines is 1. The summed E-state index contributed by atoms with van der Waals surface area (Å²) in [7, 11) is -3.98. The van der Waals surface area contributed by atoms with Gasteiger partial charge in [0.2, 0.25) is 10.0 Å². The van der Waals surface area contributed by atoms with Crippen LogP contribution in [0.15, 0.2) is 52.2 Å². The lowest BCUT2D eigenvalue weighted by molar-refractivity contribution is 0.0925. The number of Topliss-reactive ketones (excluding diaryl/α,β-unsaturated/α-hetero) is 1. The Morgan fingerprint density at radius 2 is 1.91 bits per heavy atom. The van der Waals surface area contributed by atoms with E-state index >= 15 is 0 Å². The SMILES string of the molecule is CC(=O)c1cccc(S(=O)(=O)N(Cc2cc3c(C)ccc(C)c3[nH]c2=O)C[C@H]2CCCO2)c1. The lowest BCUT2D eigenvalue weighted by Gasteiger charge is -2.25. The molecular formula is C25H28N2O5S. The first-order valence-electron chi connectivity index (χ1n) is 11.0. The first-order chi connectivity index (χ1) is 15.7. The van der Waals surface area contributed by atoms with Crippen LogP contribution >= 0.6 is 0 Å². The number of H-pyrrole nitrogens is 1. The summed E-state index contributed by atoms with van der Waals surface area (Å²) in [5.74, 6) is -0.213. The van der Waals surface area contributed by atoms with E-state index < -0.39 is 10.0 Å². The molecule has 0 spiro atoms. The molecule has 7 nitrogen and oxygen atoms in total. The molecule has 0 bridgehead atoms. The molecule has 2 heterocycles. The molecule has 0 unspecified atom stereocenters. The van der Waals surface area contributed by atoms with E-state index in [1.54, 1.807) is 18.2 Å². The number of ether oxygens (including phenoxy) is 1. The highest BCUT2D eigenvalue weighted by molar-refractivity contribution is 7.89. The van der Waals surface area contributed by atoms with Crippen molar-refractivity contribution in [2.24, 2.45) is 0 Å². The molecule has 1 aliphatic rings. The molecule has 174 valence electrons. The Morgan fingerprint density at radius 1 is 1.15 bits per heavy atom. The fourth-order valence-corrected chi connectivity index (χ4v) is 5.71. The average Bonchev–Trinajstić information content (AvgIpc) is 3.30. The van der Waals surface area contributed by atoms with Crippen molar-refractivity contribution in [2.45, 2.75) is 51.2 Å². The van der Waals surface area contributed by atoms with E-state index in [9.17, 15) is 18.0 Å². The van der Waals surface area contributed by atoms with Crippen molar-refractivity contribution in [1.29, 1.82) is 0 Å². The number of nitrogens with one attached hydrogen (secondary N) is 1. The van der Waals surface area contributed by atoms with Gasteiger partial charge in [-0.1, -0.05) is 24.3 Å². The lowest BCUT2D eigenvalue weighted by atomic mass is 10.0. The van der Waals surface area contributed by atoms with Crippen LogP contribution in [0.25, 0.3) is 10.9 Å². The minimum Gasteiger partial charge on any atom is -0.377 e. The van der Waals surface area contributed by atoms with Gasteiger partial charge in [0.15, 0.2) is 5.78 Å². The lowest BCUT2D eigenvalue weighted by Crippen LogP contribution is -2.38. The quantitative estimate of drug-likeness (QED) is 0.533. The molecule has 1 aromatic heterocycles. The zero-order valence-electron chi connectivity index (χ0n) is 19.1. The first-order valence-corrected chi connectivity index (χ1v) is 12.5. The Hall–Kier alpha value is -2.81. The molecule has 8 heteroatoms. The predicted octanol–water partition coefficient (Wildman–Crippen LogP) is 3.72. The summed E-state index contributed by atoms with van der Waals surface area (Å²) in [5.41, 5.74) is 3.07. The van der Waals surface area contributed by atoms with Gasteiger partial charge in [0, 0.05) is 36.2 Å². The fraction of sp³-hybridized carbons (Fsp3) is 0.360. The molecule has 1 atom stereocenters. The highest BCUT2D eigenvalue weighted by Gasteiger charge is 2.30. The number of nitrogens with zero attached hydrogens (tertiary/aromatic N) is 1. The number of rotatable bonds is 7. The number of sulfonamides is 1. The van der Waals surface area contributed by atoms with Crippen molar-refractivity contribution >= 4 is 26.7 Å². The molecule has 0 amide bonds. The summed E-state index contributed by atoms with van der Waals surface area (Å²) in [5, 5.41) is 0.887. The predicted molar refractivity (Wildman–Crippen MR) is 127 cm³/mol. The summed E-state index contributed by atoms with van der Waals surface area (Å²) in [6.07, 6.45) is 1.39. The standard InChI is InChI=1S/C25H28N2O5S/c1-16-9-10-17(2)24-23(16)13-20(25(29)26-24)14-27(15-21-7-5-11-32-21)33(30,31)22-8-4-6-19(12-22)18(3)28/h4,6,8-10,12-13,21H,5,7,11,14-15H2,1-3H3,(H,26,29)/t21-/m1/s1. The van der Waals surface area contributed by atoms with Gasteiger partial charge in [-0.25, -0.2) is 8.42 Å². The van der Waals surface area contributed by atoms with Gasteiger partial charge in [-0.3, -0.25) is 9.59 Å². The van der Waals surface area contributed by atoms with Crippen molar-refractivity contribution in [1.82, 2.24) is 9.29 Å². The number of ketones is 1. The van der Waals surface area contributed by atoms with Gasteiger partial charge in [0.25, 0.3) is 5.56 Å². The van der Waals surface area contributed by atoms with Gasteiger partial charge in [0.05, 0.1) is 16.5 Å². The topological polar surface area (TPSA) is 96.5 Å². The summed E-state index contributed by atoms with van der Waals surface area (Å²) in [6.45, 7) is 5.91. The Kier molecular flexibility index (Phi) is 6.52. The number of carbonyl (C=O) groups is 1. The smallest absolute Gasteiger partial charge is 0.252 e. The monoisotopic (exact) mass is 468 g/mol. The van der Waals surface area contributed by atoms with Crippen LogP contribution in [0.4, 0.5) is 0 Å². The molecule has 1 aliphatic heterocycles. The van der Waals surface area contributed by atoms with Crippen LogP contribution in [0.3, 0.4) is 0 Å². The van der Waals surface area contributed by atoms with Crippen LogP contribution < -0.4 is 5.56 Å². The first kappa shape index (κ1) is 23.4. The van der Waals surface area contributed by atoms with Gasteiger partial charge in [-0.15, -0.1) is 0 Å². The van der Waals surface area contributed by atoms with Gasteiger partial charge < -0.3 is 9.72 Å². The largest absolute Gasteiger partial charge is 0.377 e. The minimum absolute atomic E-state index is 0.0254. The number of aromatic nitrogens is 1. The zero-order chi connectivity index (χ0) is 23.8. The van der Waals surface area contributed by atoms with E-state index in [1.165, 1.54) is 23.4 Å². The highest BCUT2D eigenvalue weighted by atomic mass is 32.2. The van der Waals surface area contributed by atoms with Crippen molar-refractivity contribution in [2.75, 3.05) is 13.2 Å². The molecule has 0 saturated carbocycles. The van der Waals surface area contributed by atoms with Crippen LogP contribution in [-0.4, -0.2) is 42.7 Å². The second-order valence-corrected chi connectivity index (χ2v) is 10.6. The maximum atomic E-state index is 13.6. The second-order valence-electron chi connectivity index (χ2n) is 8.63. The number of aryl methyl sites for hydroxylation is 2. The van der Waals surface area contributed by atoms with Crippen LogP contribution in [0.5, 0.6) is 0 Å². The third-order valence-corrected chi connectivity index (χ3v) is 7.98. The zero-order valence-corrected chi connectivity index (χ0v) is 19.9. The molecule has 2 aromatic carbocycles. The number of benzene rings is 2. The molecule has 0 aliphatic carbocycles. The molecule has 1 N–H and O–H groups in total. The van der Waals surface area contributed by atoms with Crippen LogP contribution in [0.1, 0.15) is 46.8 Å². The summed E-state index contributed by atoms with van der Waals surface area (Å²) in [4.78, 5) is 27.7. The molecule has 3 aromatic rings. The Bertz CT molecular complexity index is 1370. The Balaban J connectivity index is 1.77. The maximum Gasteiger partial charge on any atom is 0.252 e. The summed E-state index contributed by atoms with van der Waals surface area (Å²) < 4.78 is 34.3. The average molecular weight is 469 g/mol. The number of hydrogen-bond acceptors (Lipinski definition) is 5. The normalized spacial score (nSPS) is 16.5. The van der Waals surface area contributed by atoms with Crippen molar-refractivity contribution in [3.63, 3.8) is 0 Å². The third-order valence-electron chi connectivity index (χ3n) is 6.18. The second kappa shape index (κ2) is 9.21. The van der Waals surface area contributed by atoms with E-state index in [1.807, 2.05) is 26.0 Å². The number of carbonyl (C=O) groups excluding carboxylic acids is 1. The Morgan fingerprint density at radius 3 is 2.61 bits per heavy atom. The van der Waals surface area contributed by atoms with E-state index in [4.69, 9.17) is 4.74 Å². The summed E-state index contributed by atoms with van der Waals surface area (Å²) >= 11 is 0. The van der Waals surface area contributed by atoms with E-state index in [0.29, 0.717) is 17.7 Å². The van der Waals surface area contributed by atoms with Crippen LogP contribution in [0, 0.1) is 13.8 Å². The van der Waals surface area contributed by atoms with Gasteiger partial charge in [-0.2, -0.15) is 4.31 Å². The van der Waals surface area contributed by atoms with Gasteiger partial charge in [0.1, 0.15) is 0 Å². The van der Waals surface area contributed by atoms with Crippen molar-refractivity contribution in [3.8, 4) is 0 Å². The van der Waals surface area contributed by atoms with Crippen molar-refractivity contribution in [3.05, 3.63) is 75.1 Å². The van der Waals surface area contributed by atoms with E-state index in [2.05, 4.69) is 4.98 Å². The van der Waals surface area contributed by atoms with Gasteiger partial charge >= 0.3 is 0 Å². The Labute approximate surface area is 193 Å².